The Hall–Kier alpha value is -3.04. The average Bonchev–Trinajstić information content (AvgIpc) is 2.77. The van der Waals surface area contributed by atoms with Gasteiger partial charge in [0.05, 0.1) is 37.0 Å². The summed E-state index contributed by atoms with van der Waals surface area (Å²) >= 11 is 0. The number of pyridine rings is 1. The standard InChI is InChI=1S/C23H26N4O2/c1-28-21-14-18-20(15-22(21)29-2)26-19-7-4-3-6-17(19)23(18)25-16-8-12-27(13-9-16)11-5-10-24/h3-4,6-7,14-16H,5,8-9,11-13H2,1-2H3,(H,25,26). The van der Waals surface area contributed by atoms with Gasteiger partial charge in [-0.15, -0.1) is 0 Å². The van der Waals surface area contributed by atoms with Gasteiger partial charge in [-0.05, 0) is 25.0 Å². The smallest absolute Gasteiger partial charge is 0.162 e. The molecule has 29 heavy (non-hydrogen) atoms. The van der Waals surface area contributed by atoms with E-state index in [0.29, 0.717) is 24.0 Å². The molecule has 0 radical (unpaired) electrons. The molecule has 4 rings (SSSR count). The molecule has 1 saturated heterocycles. The molecule has 1 aliphatic rings. The Morgan fingerprint density at radius 1 is 1.07 bits per heavy atom. The number of aromatic nitrogens is 1. The lowest BCUT2D eigenvalue weighted by Crippen LogP contribution is -2.39. The van der Waals surface area contributed by atoms with Crippen molar-refractivity contribution in [3.8, 4) is 17.6 Å². The summed E-state index contributed by atoms with van der Waals surface area (Å²) in [5, 5.41) is 14.8. The first-order valence-electron chi connectivity index (χ1n) is 10.0. The number of nitriles is 1. The van der Waals surface area contributed by atoms with Gasteiger partial charge < -0.3 is 19.7 Å². The van der Waals surface area contributed by atoms with Crippen LogP contribution in [0, 0.1) is 11.3 Å². The third kappa shape index (κ3) is 3.92. The van der Waals surface area contributed by atoms with Crippen molar-refractivity contribution in [2.75, 3.05) is 39.2 Å². The molecule has 0 bridgehead atoms. The van der Waals surface area contributed by atoms with Crippen LogP contribution in [0.15, 0.2) is 36.4 Å². The van der Waals surface area contributed by atoms with Gasteiger partial charge in [0, 0.05) is 48.9 Å². The molecule has 2 heterocycles. The van der Waals surface area contributed by atoms with Gasteiger partial charge in [-0.2, -0.15) is 5.26 Å². The van der Waals surface area contributed by atoms with Crippen LogP contribution in [0.1, 0.15) is 19.3 Å². The quantitative estimate of drug-likeness (QED) is 0.636. The van der Waals surface area contributed by atoms with Crippen LogP contribution in [-0.4, -0.2) is 49.8 Å². The molecule has 2 aromatic carbocycles. The maximum absolute atomic E-state index is 8.81. The van der Waals surface area contributed by atoms with Crippen molar-refractivity contribution >= 4 is 27.5 Å². The topological polar surface area (TPSA) is 70.4 Å². The first-order chi connectivity index (χ1) is 14.2. The molecule has 1 N–H and O–H groups in total. The van der Waals surface area contributed by atoms with E-state index in [0.717, 1.165) is 60.0 Å². The molecule has 150 valence electrons. The van der Waals surface area contributed by atoms with Crippen LogP contribution in [0.4, 0.5) is 5.69 Å². The van der Waals surface area contributed by atoms with E-state index in [1.165, 1.54) is 0 Å². The molecular formula is C23H26N4O2. The minimum Gasteiger partial charge on any atom is -0.493 e. The summed E-state index contributed by atoms with van der Waals surface area (Å²) in [5.74, 6) is 1.38. The molecule has 0 unspecified atom stereocenters. The highest BCUT2D eigenvalue weighted by atomic mass is 16.5. The van der Waals surface area contributed by atoms with Gasteiger partial charge in [-0.1, -0.05) is 18.2 Å². The maximum atomic E-state index is 8.81. The average molecular weight is 390 g/mol. The van der Waals surface area contributed by atoms with E-state index in [1.54, 1.807) is 14.2 Å². The summed E-state index contributed by atoms with van der Waals surface area (Å²) < 4.78 is 11.0. The van der Waals surface area contributed by atoms with Crippen LogP contribution < -0.4 is 14.8 Å². The highest BCUT2D eigenvalue weighted by Crippen LogP contribution is 2.38. The van der Waals surface area contributed by atoms with Crippen LogP contribution >= 0.6 is 0 Å². The van der Waals surface area contributed by atoms with Crippen molar-refractivity contribution in [3.63, 3.8) is 0 Å². The predicted molar refractivity (Wildman–Crippen MR) is 116 cm³/mol. The molecule has 0 atom stereocenters. The van der Waals surface area contributed by atoms with Crippen molar-refractivity contribution in [3.05, 3.63) is 36.4 Å². The number of nitrogens with zero attached hydrogens (tertiary/aromatic N) is 3. The van der Waals surface area contributed by atoms with Crippen molar-refractivity contribution < 1.29 is 9.47 Å². The summed E-state index contributed by atoms with van der Waals surface area (Å²) in [7, 11) is 3.30. The number of anilines is 1. The summed E-state index contributed by atoms with van der Waals surface area (Å²) in [6, 6.07) is 14.8. The van der Waals surface area contributed by atoms with Gasteiger partial charge in [0.25, 0.3) is 0 Å². The lowest BCUT2D eigenvalue weighted by molar-refractivity contribution is 0.223. The number of ether oxygens (including phenoxy) is 2. The van der Waals surface area contributed by atoms with Gasteiger partial charge in [0.1, 0.15) is 0 Å². The Balaban J connectivity index is 1.71. The molecule has 0 aliphatic carbocycles. The second-order valence-electron chi connectivity index (χ2n) is 7.40. The predicted octanol–water partition coefficient (Wildman–Crippen LogP) is 4.20. The number of rotatable bonds is 6. The minimum absolute atomic E-state index is 0.385. The van der Waals surface area contributed by atoms with E-state index in [9.17, 15) is 0 Å². The molecule has 0 saturated carbocycles. The first kappa shape index (κ1) is 19.3. The number of hydrogen-bond donors (Lipinski definition) is 1. The van der Waals surface area contributed by atoms with Gasteiger partial charge in [0.2, 0.25) is 0 Å². The van der Waals surface area contributed by atoms with Crippen LogP contribution in [0.3, 0.4) is 0 Å². The van der Waals surface area contributed by atoms with Crippen molar-refractivity contribution in [2.24, 2.45) is 0 Å². The molecule has 1 fully saturated rings. The molecule has 3 aromatic rings. The number of nitrogens with one attached hydrogen (secondary N) is 1. The first-order valence-corrected chi connectivity index (χ1v) is 10.0. The van der Waals surface area contributed by atoms with E-state index in [2.05, 4.69) is 22.4 Å². The van der Waals surface area contributed by atoms with Crippen molar-refractivity contribution in [1.82, 2.24) is 9.88 Å². The number of likely N-dealkylation sites (tertiary alicyclic amines) is 1. The zero-order valence-electron chi connectivity index (χ0n) is 16.9. The number of piperidine rings is 1. The lowest BCUT2D eigenvalue weighted by atomic mass is 10.0. The molecule has 6 heteroatoms. The van der Waals surface area contributed by atoms with Crippen LogP contribution in [0.25, 0.3) is 21.8 Å². The van der Waals surface area contributed by atoms with Crippen molar-refractivity contribution in [2.45, 2.75) is 25.3 Å². The van der Waals surface area contributed by atoms with Crippen LogP contribution in [0.5, 0.6) is 11.5 Å². The highest BCUT2D eigenvalue weighted by molar-refractivity contribution is 6.08. The lowest BCUT2D eigenvalue weighted by Gasteiger charge is -2.33. The number of hydrogen-bond acceptors (Lipinski definition) is 6. The third-order valence-corrected chi connectivity index (χ3v) is 5.66. The molecule has 1 aromatic heterocycles. The Bertz CT molecular complexity index is 1050. The van der Waals surface area contributed by atoms with Gasteiger partial charge in [0.15, 0.2) is 11.5 Å². The summed E-state index contributed by atoms with van der Waals surface area (Å²) in [5.41, 5.74) is 2.94. The fourth-order valence-electron chi connectivity index (χ4n) is 4.09. The third-order valence-electron chi connectivity index (χ3n) is 5.66. The van der Waals surface area contributed by atoms with E-state index in [-0.39, 0.29) is 0 Å². The molecule has 0 amide bonds. The van der Waals surface area contributed by atoms with E-state index in [4.69, 9.17) is 19.7 Å². The molecule has 6 nitrogen and oxygen atoms in total. The summed E-state index contributed by atoms with van der Waals surface area (Å²) in [4.78, 5) is 7.22. The largest absolute Gasteiger partial charge is 0.493 e. The summed E-state index contributed by atoms with van der Waals surface area (Å²) in [6.45, 7) is 2.89. The minimum atomic E-state index is 0.385. The molecular weight excluding hydrogens is 364 g/mol. The Labute approximate surface area is 171 Å². The summed E-state index contributed by atoms with van der Waals surface area (Å²) in [6.07, 6.45) is 2.70. The Kier molecular flexibility index (Phi) is 5.68. The number of fused-ring (bicyclic) bond motifs is 2. The van der Waals surface area contributed by atoms with E-state index < -0.39 is 0 Å². The fourth-order valence-corrected chi connectivity index (χ4v) is 4.09. The number of benzene rings is 2. The Morgan fingerprint density at radius 3 is 2.52 bits per heavy atom. The fraction of sp³-hybridized carbons (Fsp3) is 0.391. The second-order valence-corrected chi connectivity index (χ2v) is 7.40. The van der Waals surface area contributed by atoms with Gasteiger partial charge in [-0.3, -0.25) is 0 Å². The Morgan fingerprint density at radius 2 is 1.79 bits per heavy atom. The monoisotopic (exact) mass is 390 g/mol. The second kappa shape index (κ2) is 8.54. The SMILES string of the molecule is COc1cc2nc3ccccc3c(NC3CCN(CCC#N)CC3)c2cc1OC. The van der Waals surface area contributed by atoms with E-state index in [1.807, 2.05) is 30.3 Å². The number of methoxy groups -OCH3 is 2. The van der Waals surface area contributed by atoms with Crippen LogP contribution in [0.2, 0.25) is 0 Å². The van der Waals surface area contributed by atoms with E-state index >= 15 is 0 Å². The van der Waals surface area contributed by atoms with Gasteiger partial charge in [-0.25, -0.2) is 4.98 Å². The number of para-hydroxylation sites is 1. The van der Waals surface area contributed by atoms with Crippen molar-refractivity contribution in [1.29, 1.82) is 5.26 Å². The zero-order valence-corrected chi connectivity index (χ0v) is 16.9. The highest BCUT2D eigenvalue weighted by Gasteiger charge is 2.21. The zero-order chi connectivity index (χ0) is 20.2. The molecule has 0 spiro atoms. The van der Waals surface area contributed by atoms with Crippen LogP contribution in [-0.2, 0) is 0 Å². The normalized spacial score (nSPS) is 15.3. The maximum Gasteiger partial charge on any atom is 0.162 e. The molecule has 1 aliphatic heterocycles. The van der Waals surface area contributed by atoms with Gasteiger partial charge >= 0.3 is 0 Å².